The molecule has 4 aromatic rings. The Labute approximate surface area is 221 Å². The fourth-order valence-electron chi connectivity index (χ4n) is 5.01. The fourth-order valence-corrected chi connectivity index (χ4v) is 10.8. The number of thiophene rings is 4. The Morgan fingerprint density at radius 1 is 0.588 bits per heavy atom. The number of carbonyl (C=O) groups is 1. The van der Waals surface area contributed by atoms with Crippen molar-refractivity contribution in [3.63, 3.8) is 0 Å². The average molecular weight is 533 g/mol. The third kappa shape index (κ3) is 6.14. The van der Waals surface area contributed by atoms with Crippen LogP contribution < -0.4 is 0 Å². The first-order chi connectivity index (χ1) is 16.8. The summed E-state index contributed by atoms with van der Waals surface area (Å²) in [5.74, 6) is 0. The minimum atomic E-state index is 0.981. The van der Waals surface area contributed by atoms with Crippen molar-refractivity contribution in [3.8, 4) is 0 Å². The van der Waals surface area contributed by atoms with Crippen LogP contribution in [0.2, 0.25) is 0 Å². The molecule has 0 aliphatic heterocycles. The first-order valence-corrected chi connectivity index (χ1v) is 16.9. The topological polar surface area (TPSA) is 17.1 Å². The number of hydrogen-bond acceptors (Lipinski definition) is 5. The summed E-state index contributed by atoms with van der Waals surface area (Å²) in [5.41, 5.74) is 2.90. The highest BCUT2D eigenvalue weighted by Crippen LogP contribution is 2.51. The second-order valence-corrected chi connectivity index (χ2v) is 13.7. The summed E-state index contributed by atoms with van der Waals surface area (Å²) in [5, 5.41) is 2.42. The molecule has 4 aromatic heterocycles. The van der Waals surface area contributed by atoms with Crippen LogP contribution in [0.4, 0.5) is 0 Å². The van der Waals surface area contributed by atoms with Crippen LogP contribution in [-0.2, 0) is 12.8 Å². The van der Waals surface area contributed by atoms with Gasteiger partial charge in [0.1, 0.15) is 0 Å². The molecule has 0 saturated carbocycles. The molecular formula is C29H40OS4. The minimum Gasteiger partial charge on any atom is -0.297 e. The lowest BCUT2D eigenvalue weighted by Crippen LogP contribution is -1.88. The van der Waals surface area contributed by atoms with Crippen molar-refractivity contribution in [2.75, 3.05) is 0 Å². The molecule has 0 fully saturated rings. The number of rotatable bonds is 17. The van der Waals surface area contributed by atoms with Crippen LogP contribution in [0.5, 0.6) is 0 Å². The van der Waals surface area contributed by atoms with Crippen molar-refractivity contribution in [1.29, 1.82) is 0 Å². The summed E-state index contributed by atoms with van der Waals surface area (Å²) < 4.78 is 8.74. The second-order valence-electron chi connectivity index (χ2n) is 9.75. The molecule has 0 unspecified atom stereocenters. The second kappa shape index (κ2) is 13.5. The number of hydrogen-bond donors (Lipinski definition) is 0. The molecule has 4 rings (SSSR count). The molecule has 0 amide bonds. The number of fused-ring (bicyclic) bond motifs is 5. The molecule has 0 radical (unpaired) electrons. The van der Waals surface area contributed by atoms with E-state index in [0.29, 0.717) is 0 Å². The van der Waals surface area contributed by atoms with Gasteiger partial charge in [-0.25, -0.2) is 0 Å². The van der Waals surface area contributed by atoms with E-state index in [9.17, 15) is 4.79 Å². The quantitative estimate of drug-likeness (QED) is 0.0976. The number of carbonyl (C=O) groups excluding carboxylic acids is 1. The van der Waals surface area contributed by atoms with Gasteiger partial charge in [-0.3, -0.25) is 4.79 Å². The Morgan fingerprint density at radius 2 is 1.12 bits per heavy atom. The minimum absolute atomic E-state index is 0.981. The zero-order valence-corrected chi connectivity index (χ0v) is 24.3. The lowest BCUT2D eigenvalue weighted by atomic mass is 10.0. The van der Waals surface area contributed by atoms with Crippen molar-refractivity contribution in [1.82, 2.24) is 0 Å². The van der Waals surface area contributed by atoms with E-state index in [1.807, 2.05) is 34.0 Å². The maximum absolute atomic E-state index is 11.9. The summed E-state index contributed by atoms with van der Waals surface area (Å²) in [4.78, 5) is 12.8. The van der Waals surface area contributed by atoms with Gasteiger partial charge < -0.3 is 0 Å². The zero-order chi connectivity index (χ0) is 23.8. The lowest BCUT2D eigenvalue weighted by Gasteiger charge is -2.02. The van der Waals surface area contributed by atoms with E-state index in [2.05, 4.69) is 19.2 Å². The van der Waals surface area contributed by atoms with Crippen molar-refractivity contribution < 1.29 is 4.79 Å². The fraction of sp³-hybridized carbons (Fsp3) is 0.621. The zero-order valence-electron chi connectivity index (χ0n) is 21.0. The molecule has 0 N–H and O–H groups in total. The first-order valence-electron chi connectivity index (χ1n) is 13.6. The van der Waals surface area contributed by atoms with Gasteiger partial charge in [0.15, 0.2) is 6.29 Å². The highest BCUT2D eigenvalue weighted by atomic mass is 32.1. The number of unbranched alkanes of at least 4 members (excludes halogenated alkanes) is 12. The van der Waals surface area contributed by atoms with Crippen LogP contribution in [0.3, 0.4) is 0 Å². The molecule has 5 heteroatoms. The van der Waals surface area contributed by atoms with Crippen molar-refractivity contribution in [3.05, 3.63) is 21.4 Å². The van der Waals surface area contributed by atoms with E-state index in [1.54, 1.807) is 16.9 Å². The standard InChI is InChI=1S/C29H40OS4/c1-3-5-7-9-11-13-15-17-21-20-31-26-24(21)33-29-27-25(34-28(26)29)22(23(19-30)32-27)18-16-14-12-10-8-6-4-2/h19-20H,3-18H2,1-2H3. The van der Waals surface area contributed by atoms with Crippen LogP contribution in [0.1, 0.15) is 125 Å². The molecule has 0 saturated heterocycles. The third-order valence-corrected chi connectivity index (χ3v) is 12.4. The van der Waals surface area contributed by atoms with Crippen LogP contribution in [0.15, 0.2) is 5.38 Å². The van der Waals surface area contributed by atoms with Gasteiger partial charge in [0.2, 0.25) is 0 Å². The summed E-state index contributed by atoms with van der Waals surface area (Å²) >= 11 is 7.65. The van der Waals surface area contributed by atoms with Crippen molar-refractivity contribution in [2.24, 2.45) is 0 Å². The predicted octanol–water partition coefficient (Wildman–Crippen LogP) is 11.8. The summed E-state index contributed by atoms with van der Waals surface area (Å²) in [6.45, 7) is 4.56. The lowest BCUT2D eigenvalue weighted by molar-refractivity contribution is 0.112. The molecule has 186 valence electrons. The van der Waals surface area contributed by atoms with Gasteiger partial charge in [-0.2, -0.15) is 0 Å². The Bertz CT molecular complexity index is 1170. The van der Waals surface area contributed by atoms with Gasteiger partial charge in [0.05, 0.1) is 33.1 Å². The highest BCUT2D eigenvalue weighted by molar-refractivity contribution is 7.44. The highest BCUT2D eigenvalue weighted by Gasteiger charge is 2.21. The van der Waals surface area contributed by atoms with Crippen LogP contribution in [-0.4, -0.2) is 6.29 Å². The molecule has 0 spiro atoms. The van der Waals surface area contributed by atoms with E-state index in [4.69, 9.17) is 0 Å². The van der Waals surface area contributed by atoms with Crippen LogP contribution in [0.25, 0.3) is 28.2 Å². The SMILES string of the molecule is CCCCCCCCCc1csc2c1sc1c3sc(C=O)c(CCCCCCCCC)c3sc21. The summed E-state index contributed by atoms with van der Waals surface area (Å²) in [7, 11) is 0. The van der Waals surface area contributed by atoms with Gasteiger partial charge in [-0.05, 0) is 42.2 Å². The Hall–Kier alpha value is -0.750. The molecule has 0 bridgehead atoms. The van der Waals surface area contributed by atoms with Crippen molar-refractivity contribution >= 4 is 79.8 Å². The van der Waals surface area contributed by atoms with E-state index in [1.165, 1.54) is 130 Å². The van der Waals surface area contributed by atoms with Crippen LogP contribution in [0, 0.1) is 0 Å². The number of aldehydes is 1. The van der Waals surface area contributed by atoms with E-state index >= 15 is 0 Å². The third-order valence-electron chi connectivity index (χ3n) is 7.02. The largest absolute Gasteiger partial charge is 0.297 e. The maximum Gasteiger partial charge on any atom is 0.160 e. The molecule has 34 heavy (non-hydrogen) atoms. The Morgan fingerprint density at radius 3 is 1.76 bits per heavy atom. The molecule has 0 aromatic carbocycles. The molecular weight excluding hydrogens is 493 g/mol. The van der Waals surface area contributed by atoms with Crippen molar-refractivity contribution in [2.45, 2.75) is 117 Å². The monoisotopic (exact) mass is 532 g/mol. The summed E-state index contributed by atoms with van der Waals surface area (Å²) in [6, 6.07) is 0. The van der Waals surface area contributed by atoms with E-state index < -0.39 is 0 Å². The van der Waals surface area contributed by atoms with Gasteiger partial charge in [0.25, 0.3) is 0 Å². The predicted molar refractivity (Wildman–Crippen MR) is 159 cm³/mol. The molecule has 4 heterocycles. The average Bonchev–Trinajstić information content (AvgIpc) is 3.57. The van der Waals surface area contributed by atoms with Crippen LogP contribution >= 0.6 is 45.3 Å². The molecule has 0 aliphatic carbocycles. The Balaban J connectivity index is 1.42. The van der Waals surface area contributed by atoms with Gasteiger partial charge >= 0.3 is 0 Å². The smallest absolute Gasteiger partial charge is 0.160 e. The molecule has 0 atom stereocenters. The Kier molecular flexibility index (Phi) is 10.5. The first kappa shape index (κ1) is 26.3. The van der Waals surface area contributed by atoms with E-state index in [0.717, 1.165) is 17.6 Å². The van der Waals surface area contributed by atoms with Gasteiger partial charge in [0, 0.05) is 0 Å². The van der Waals surface area contributed by atoms with E-state index in [-0.39, 0.29) is 0 Å². The molecule has 1 nitrogen and oxygen atoms in total. The maximum atomic E-state index is 11.9. The number of aryl methyl sites for hydroxylation is 2. The van der Waals surface area contributed by atoms with Gasteiger partial charge in [-0.15, -0.1) is 45.3 Å². The van der Waals surface area contributed by atoms with Gasteiger partial charge in [-0.1, -0.05) is 90.9 Å². The summed E-state index contributed by atoms with van der Waals surface area (Å²) in [6.07, 6.45) is 22.2. The molecule has 0 aliphatic rings. The normalized spacial score (nSPS) is 12.1.